The number of carboxylic acid groups (broad SMARTS) is 1. The quantitative estimate of drug-likeness (QED) is 0.783. The highest BCUT2D eigenvalue weighted by Gasteiger charge is 2.13. The SMILES string of the molecule is N#Cc1ccc(-c2nccc3ccc(C(=O)O)cc23)c(F)c1. The van der Waals surface area contributed by atoms with Crippen LogP contribution < -0.4 is 0 Å². The van der Waals surface area contributed by atoms with Crippen molar-refractivity contribution in [3.05, 3.63) is 65.6 Å². The van der Waals surface area contributed by atoms with Crippen molar-refractivity contribution in [2.45, 2.75) is 0 Å². The lowest BCUT2D eigenvalue weighted by atomic mass is 10.0. The minimum Gasteiger partial charge on any atom is -0.478 e. The van der Waals surface area contributed by atoms with E-state index in [1.165, 1.54) is 30.5 Å². The van der Waals surface area contributed by atoms with Crippen molar-refractivity contribution < 1.29 is 14.3 Å². The van der Waals surface area contributed by atoms with Gasteiger partial charge in [-0.05, 0) is 41.8 Å². The van der Waals surface area contributed by atoms with Gasteiger partial charge in [-0.2, -0.15) is 5.26 Å². The lowest BCUT2D eigenvalue weighted by molar-refractivity contribution is 0.0697. The number of aromatic carboxylic acids is 1. The summed E-state index contributed by atoms with van der Waals surface area (Å²) in [7, 11) is 0. The van der Waals surface area contributed by atoms with Crippen LogP contribution in [-0.4, -0.2) is 16.1 Å². The number of nitrogens with zero attached hydrogens (tertiary/aromatic N) is 2. The topological polar surface area (TPSA) is 74.0 Å². The second-order valence-electron chi connectivity index (χ2n) is 4.71. The van der Waals surface area contributed by atoms with Crippen LogP contribution in [0, 0.1) is 17.1 Å². The first-order valence-corrected chi connectivity index (χ1v) is 6.42. The lowest BCUT2D eigenvalue weighted by Gasteiger charge is -2.08. The van der Waals surface area contributed by atoms with E-state index in [0.717, 1.165) is 11.5 Å². The van der Waals surface area contributed by atoms with Crippen LogP contribution >= 0.6 is 0 Å². The molecule has 5 heteroatoms. The minimum absolute atomic E-state index is 0.107. The maximum Gasteiger partial charge on any atom is 0.335 e. The summed E-state index contributed by atoms with van der Waals surface area (Å²) < 4.78 is 14.2. The van der Waals surface area contributed by atoms with E-state index in [1.54, 1.807) is 12.1 Å². The molecule has 0 aliphatic rings. The number of carboxylic acids is 1. The van der Waals surface area contributed by atoms with Crippen LogP contribution in [0.4, 0.5) is 4.39 Å². The predicted octanol–water partition coefficient (Wildman–Crippen LogP) is 3.61. The van der Waals surface area contributed by atoms with E-state index >= 15 is 0 Å². The number of fused-ring (bicyclic) bond motifs is 1. The van der Waals surface area contributed by atoms with Crippen molar-refractivity contribution in [2.24, 2.45) is 0 Å². The molecule has 0 radical (unpaired) electrons. The monoisotopic (exact) mass is 292 g/mol. The number of hydrogen-bond donors (Lipinski definition) is 1. The molecule has 0 saturated heterocycles. The van der Waals surface area contributed by atoms with Gasteiger partial charge < -0.3 is 5.11 Å². The second kappa shape index (κ2) is 5.26. The summed E-state index contributed by atoms with van der Waals surface area (Å²) >= 11 is 0. The Morgan fingerprint density at radius 1 is 1.18 bits per heavy atom. The number of pyridine rings is 1. The molecule has 22 heavy (non-hydrogen) atoms. The van der Waals surface area contributed by atoms with E-state index in [2.05, 4.69) is 4.98 Å². The van der Waals surface area contributed by atoms with E-state index in [0.29, 0.717) is 11.1 Å². The Hall–Kier alpha value is -3.26. The average molecular weight is 292 g/mol. The van der Waals surface area contributed by atoms with E-state index < -0.39 is 11.8 Å². The first-order chi connectivity index (χ1) is 10.6. The Morgan fingerprint density at radius 3 is 2.68 bits per heavy atom. The largest absolute Gasteiger partial charge is 0.478 e. The maximum absolute atomic E-state index is 14.2. The van der Waals surface area contributed by atoms with Crippen molar-refractivity contribution in [1.29, 1.82) is 5.26 Å². The van der Waals surface area contributed by atoms with Crippen LogP contribution in [0.1, 0.15) is 15.9 Å². The molecule has 0 bridgehead atoms. The van der Waals surface area contributed by atoms with Gasteiger partial charge in [0.05, 0.1) is 22.9 Å². The van der Waals surface area contributed by atoms with E-state index in [1.807, 2.05) is 6.07 Å². The van der Waals surface area contributed by atoms with Crippen molar-refractivity contribution >= 4 is 16.7 Å². The third-order valence-electron chi connectivity index (χ3n) is 3.37. The third kappa shape index (κ3) is 2.27. The Labute approximate surface area is 125 Å². The normalized spacial score (nSPS) is 10.4. The Bertz CT molecular complexity index is 945. The predicted molar refractivity (Wildman–Crippen MR) is 78.8 cm³/mol. The molecule has 106 valence electrons. The van der Waals surface area contributed by atoms with Gasteiger partial charge in [0.15, 0.2) is 0 Å². The summed E-state index contributed by atoms with van der Waals surface area (Å²) in [5.74, 6) is -1.63. The summed E-state index contributed by atoms with van der Waals surface area (Å²) in [6.45, 7) is 0. The number of benzene rings is 2. The molecule has 0 fully saturated rings. The van der Waals surface area contributed by atoms with Crippen LogP contribution in [0.5, 0.6) is 0 Å². The van der Waals surface area contributed by atoms with Crippen molar-refractivity contribution in [2.75, 3.05) is 0 Å². The number of rotatable bonds is 2. The molecule has 0 spiro atoms. The van der Waals surface area contributed by atoms with Gasteiger partial charge in [-0.25, -0.2) is 9.18 Å². The molecule has 0 saturated carbocycles. The van der Waals surface area contributed by atoms with Crippen molar-refractivity contribution in [3.8, 4) is 17.3 Å². The molecule has 0 aliphatic carbocycles. The lowest BCUT2D eigenvalue weighted by Crippen LogP contribution is -1.97. The van der Waals surface area contributed by atoms with Crippen LogP contribution in [0.25, 0.3) is 22.0 Å². The molecule has 4 nitrogen and oxygen atoms in total. The van der Waals surface area contributed by atoms with E-state index in [9.17, 15) is 9.18 Å². The third-order valence-corrected chi connectivity index (χ3v) is 3.37. The summed E-state index contributed by atoms with van der Waals surface area (Å²) in [6.07, 6.45) is 1.54. The number of hydrogen-bond acceptors (Lipinski definition) is 3. The van der Waals surface area contributed by atoms with Gasteiger partial charge in [-0.3, -0.25) is 4.98 Å². The zero-order valence-electron chi connectivity index (χ0n) is 11.2. The highest BCUT2D eigenvalue weighted by atomic mass is 19.1. The van der Waals surface area contributed by atoms with Gasteiger partial charge in [-0.1, -0.05) is 6.07 Å². The van der Waals surface area contributed by atoms with Crippen LogP contribution in [0.3, 0.4) is 0 Å². The second-order valence-corrected chi connectivity index (χ2v) is 4.71. The fourth-order valence-corrected chi connectivity index (χ4v) is 2.29. The molecule has 0 unspecified atom stereocenters. The van der Waals surface area contributed by atoms with Crippen LogP contribution in [0.15, 0.2) is 48.7 Å². The number of aromatic nitrogens is 1. The van der Waals surface area contributed by atoms with Gasteiger partial charge in [0, 0.05) is 17.1 Å². The molecule has 3 aromatic rings. The molecule has 0 atom stereocenters. The zero-order valence-corrected chi connectivity index (χ0v) is 11.2. The van der Waals surface area contributed by atoms with E-state index in [4.69, 9.17) is 10.4 Å². The number of carbonyl (C=O) groups is 1. The molecule has 0 aliphatic heterocycles. The summed E-state index contributed by atoms with van der Waals surface area (Å²) in [6, 6.07) is 12.3. The molecule has 1 aromatic heterocycles. The summed E-state index contributed by atoms with van der Waals surface area (Å²) in [4.78, 5) is 15.3. The molecule has 3 rings (SSSR count). The molecule has 1 N–H and O–H groups in total. The van der Waals surface area contributed by atoms with Gasteiger partial charge in [0.2, 0.25) is 0 Å². The summed E-state index contributed by atoms with van der Waals surface area (Å²) in [5, 5.41) is 19.2. The van der Waals surface area contributed by atoms with Crippen molar-refractivity contribution in [3.63, 3.8) is 0 Å². The Balaban J connectivity index is 2.29. The van der Waals surface area contributed by atoms with Gasteiger partial charge >= 0.3 is 5.97 Å². The van der Waals surface area contributed by atoms with Gasteiger partial charge in [-0.15, -0.1) is 0 Å². The van der Waals surface area contributed by atoms with Crippen LogP contribution in [0.2, 0.25) is 0 Å². The number of halogens is 1. The summed E-state index contributed by atoms with van der Waals surface area (Å²) in [5.41, 5.74) is 0.901. The Kier molecular flexibility index (Phi) is 3.28. The smallest absolute Gasteiger partial charge is 0.335 e. The highest BCUT2D eigenvalue weighted by Crippen LogP contribution is 2.29. The molecule has 2 aromatic carbocycles. The van der Waals surface area contributed by atoms with Gasteiger partial charge in [0.1, 0.15) is 5.82 Å². The molecular weight excluding hydrogens is 283 g/mol. The van der Waals surface area contributed by atoms with Crippen molar-refractivity contribution in [1.82, 2.24) is 4.98 Å². The maximum atomic E-state index is 14.2. The standard InChI is InChI=1S/C17H9FN2O2/c18-15-7-10(9-19)1-4-13(15)16-14-8-12(17(21)22)3-2-11(14)5-6-20-16/h1-8H,(H,21,22). The highest BCUT2D eigenvalue weighted by molar-refractivity contribution is 6.00. The zero-order chi connectivity index (χ0) is 15.7. The first kappa shape index (κ1) is 13.7. The minimum atomic E-state index is -1.06. The van der Waals surface area contributed by atoms with Gasteiger partial charge in [0.25, 0.3) is 0 Å². The fraction of sp³-hybridized carbons (Fsp3) is 0. The molecule has 0 amide bonds. The first-order valence-electron chi connectivity index (χ1n) is 6.42. The Morgan fingerprint density at radius 2 is 2.00 bits per heavy atom. The number of nitriles is 1. The molecule has 1 heterocycles. The fourth-order valence-electron chi connectivity index (χ4n) is 2.29. The van der Waals surface area contributed by atoms with E-state index in [-0.39, 0.29) is 16.7 Å². The molecular formula is C17H9FN2O2. The van der Waals surface area contributed by atoms with Crippen LogP contribution in [-0.2, 0) is 0 Å². The average Bonchev–Trinajstić information content (AvgIpc) is 2.53.